The van der Waals surface area contributed by atoms with E-state index in [2.05, 4.69) is 5.29 Å². The van der Waals surface area contributed by atoms with Crippen molar-refractivity contribution in [2.75, 3.05) is 39.4 Å². The van der Waals surface area contributed by atoms with Crippen molar-refractivity contribution in [3.05, 3.63) is 52.4 Å². The van der Waals surface area contributed by atoms with E-state index in [4.69, 9.17) is 18.9 Å². The Kier molecular flexibility index (Phi) is 9.13. The van der Waals surface area contributed by atoms with Gasteiger partial charge in [-0.15, -0.1) is 4.91 Å². The van der Waals surface area contributed by atoms with Crippen LogP contribution in [0.25, 0.3) is 0 Å². The first-order valence-electron chi connectivity index (χ1n) is 10.1. The molecule has 0 fully saturated rings. The van der Waals surface area contributed by atoms with E-state index in [0.29, 0.717) is 47.3 Å². The zero-order chi connectivity index (χ0) is 23.7. The molecule has 0 spiro atoms. The minimum atomic E-state index is -3.44. The lowest BCUT2D eigenvalue weighted by Gasteiger charge is -2.27. The predicted molar refractivity (Wildman–Crippen MR) is 122 cm³/mol. The van der Waals surface area contributed by atoms with E-state index in [1.807, 2.05) is 13.8 Å². The number of ether oxygens (including phenoxy) is 4. The first kappa shape index (κ1) is 25.3. The highest BCUT2D eigenvalue weighted by Gasteiger charge is 2.27. The zero-order valence-corrected chi connectivity index (χ0v) is 19.8. The molecule has 0 aromatic heterocycles. The summed E-state index contributed by atoms with van der Waals surface area (Å²) < 4.78 is 46.2. The summed E-state index contributed by atoms with van der Waals surface area (Å²) in [5, 5.41) is 4.36. The van der Waals surface area contributed by atoms with Crippen molar-refractivity contribution in [1.29, 1.82) is 0 Å². The van der Waals surface area contributed by atoms with E-state index in [0.717, 1.165) is 6.26 Å². The molecule has 1 unspecified atom stereocenters. The second-order valence-corrected chi connectivity index (χ2v) is 9.23. The molecule has 176 valence electrons. The lowest BCUT2D eigenvalue weighted by atomic mass is 10.1. The molecular formula is C22H30N2O7S. The van der Waals surface area contributed by atoms with Crippen LogP contribution >= 0.6 is 0 Å². The number of nitroso groups, excluding NO2 is 1. The standard InChI is InChI=1S/C22H30N2O7S/c1-6-30-21-12-16(8-10-19(21)28-3)14-24(23-25)18(15-32(5,26)27)17-9-11-20(29-4)22(13-17)31-7-2/h8-13,18H,6-7,14-15H2,1-5H3. The lowest BCUT2D eigenvalue weighted by molar-refractivity contribution is 0.208. The Labute approximate surface area is 189 Å². The highest BCUT2D eigenvalue weighted by atomic mass is 32.2. The molecule has 0 aliphatic heterocycles. The molecule has 0 amide bonds. The van der Waals surface area contributed by atoms with E-state index in [-0.39, 0.29) is 12.3 Å². The SMILES string of the molecule is CCOc1cc(CN(N=O)C(CS(C)(=O)=O)c2ccc(OC)c(OCC)c2)ccc1OC. The van der Waals surface area contributed by atoms with E-state index in [1.165, 1.54) is 12.1 Å². The number of hydrogen-bond donors (Lipinski definition) is 0. The second kappa shape index (κ2) is 11.6. The smallest absolute Gasteiger partial charge is 0.161 e. The van der Waals surface area contributed by atoms with Gasteiger partial charge < -0.3 is 18.9 Å². The van der Waals surface area contributed by atoms with Gasteiger partial charge in [-0.25, -0.2) is 13.4 Å². The molecule has 1 atom stereocenters. The molecule has 0 aliphatic rings. The molecule has 9 nitrogen and oxygen atoms in total. The Morgan fingerprint density at radius 3 is 1.97 bits per heavy atom. The van der Waals surface area contributed by atoms with Crippen LogP contribution in [0.3, 0.4) is 0 Å². The molecule has 0 aliphatic carbocycles. The van der Waals surface area contributed by atoms with Gasteiger partial charge in [0.25, 0.3) is 0 Å². The number of sulfone groups is 1. The van der Waals surface area contributed by atoms with Gasteiger partial charge in [0, 0.05) is 6.26 Å². The first-order chi connectivity index (χ1) is 15.3. The highest BCUT2D eigenvalue weighted by Crippen LogP contribution is 2.35. The summed E-state index contributed by atoms with van der Waals surface area (Å²) in [7, 11) is -0.386. The molecule has 32 heavy (non-hydrogen) atoms. The average molecular weight is 467 g/mol. The van der Waals surface area contributed by atoms with Gasteiger partial charge in [0.05, 0.1) is 51.1 Å². The van der Waals surface area contributed by atoms with Crippen LogP contribution in [0.15, 0.2) is 41.7 Å². The van der Waals surface area contributed by atoms with Gasteiger partial charge >= 0.3 is 0 Å². The van der Waals surface area contributed by atoms with Crippen LogP contribution < -0.4 is 18.9 Å². The summed E-state index contributed by atoms with van der Waals surface area (Å²) in [4.78, 5) is 11.8. The maximum absolute atomic E-state index is 12.2. The Bertz CT molecular complexity index is 1010. The molecule has 0 saturated heterocycles. The number of nitrogens with zero attached hydrogens (tertiary/aromatic N) is 2. The number of hydrogen-bond acceptors (Lipinski definition) is 8. The second-order valence-electron chi connectivity index (χ2n) is 7.05. The van der Waals surface area contributed by atoms with Crippen LogP contribution in [-0.2, 0) is 16.4 Å². The van der Waals surface area contributed by atoms with Gasteiger partial charge in [0.15, 0.2) is 23.0 Å². The van der Waals surface area contributed by atoms with Gasteiger partial charge in [-0.3, -0.25) is 0 Å². The fourth-order valence-electron chi connectivity index (χ4n) is 3.28. The summed E-state index contributed by atoms with van der Waals surface area (Å²) in [6, 6.07) is 9.49. The molecule has 2 rings (SSSR count). The van der Waals surface area contributed by atoms with Crippen molar-refractivity contribution in [3.8, 4) is 23.0 Å². The molecule has 10 heteroatoms. The van der Waals surface area contributed by atoms with Crippen LogP contribution in [0.4, 0.5) is 0 Å². The molecule has 0 saturated carbocycles. The molecule has 0 N–H and O–H groups in total. The van der Waals surface area contributed by atoms with Crippen molar-refractivity contribution in [2.24, 2.45) is 5.29 Å². The van der Waals surface area contributed by atoms with Gasteiger partial charge in [0.1, 0.15) is 9.84 Å². The van der Waals surface area contributed by atoms with Gasteiger partial charge in [-0.05, 0) is 49.2 Å². The summed E-state index contributed by atoms with van der Waals surface area (Å²) >= 11 is 0. The summed E-state index contributed by atoms with van der Waals surface area (Å²) in [6.07, 6.45) is 1.12. The number of methoxy groups -OCH3 is 2. The summed E-state index contributed by atoms with van der Waals surface area (Å²) in [6.45, 7) is 4.60. The molecule has 0 bridgehead atoms. The molecular weight excluding hydrogens is 436 g/mol. The first-order valence-corrected chi connectivity index (χ1v) is 12.2. The van der Waals surface area contributed by atoms with Crippen LogP contribution in [0, 0.1) is 4.91 Å². The monoisotopic (exact) mass is 466 g/mol. The quantitative estimate of drug-likeness (QED) is 0.325. The van der Waals surface area contributed by atoms with E-state index >= 15 is 0 Å². The molecule has 0 heterocycles. The van der Waals surface area contributed by atoms with Gasteiger partial charge in [-0.1, -0.05) is 12.1 Å². The van der Waals surface area contributed by atoms with E-state index in [1.54, 1.807) is 43.5 Å². The molecule has 2 aromatic rings. The third-order valence-electron chi connectivity index (χ3n) is 4.67. The van der Waals surface area contributed by atoms with E-state index < -0.39 is 15.9 Å². The van der Waals surface area contributed by atoms with Gasteiger partial charge in [0.2, 0.25) is 0 Å². The van der Waals surface area contributed by atoms with Crippen molar-refractivity contribution >= 4 is 9.84 Å². The van der Waals surface area contributed by atoms with Crippen molar-refractivity contribution in [2.45, 2.75) is 26.4 Å². The van der Waals surface area contributed by atoms with Crippen LogP contribution in [0.5, 0.6) is 23.0 Å². The predicted octanol–water partition coefficient (Wildman–Crippen LogP) is 3.77. The maximum Gasteiger partial charge on any atom is 0.161 e. The lowest BCUT2D eigenvalue weighted by Crippen LogP contribution is -2.29. The Morgan fingerprint density at radius 1 is 0.906 bits per heavy atom. The largest absolute Gasteiger partial charge is 0.493 e. The van der Waals surface area contributed by atoms with Crippen LogP contribution in [-0.4, -0.2) is 52.9 Å². The number of benzene rings is 2. The normalized spacial score (nSPS) is 12.0. The van der Waals surface area contributed by atoms with Crippen molar-refractivity contribution < 1.29 is 27.4 Å². The zero-order valence-electron chi connectivity index (χ0n) is 19.0. The molecule has 0 radical (unpaired) electrons. The summed E-state index contributed by atoms with van der Waals surface area (Å²) in [5.74, 6) is 1.76. The fraction of sp³-hybridized carbons (Fsp3) is 0.455. The van der Waals surface area contributed by atoms with Crippen LogP contribution in [0.1, 0.15) is 31.0 Å². The third kappa shape index (κ3) is 6.74. The van der Waals surface area contributed by atoms with Crippen molar-refractivity contribution in [3.63, 3.8) is 0 Å². The summed E-state index contributed by atoms with van der Waals surface area (Å²) in [5.41, 5.74) is 1.28. The minimum Gasteiger partial charge on any atom is -0.493 e. The van der Waals surface area contributed by atoms with Crippen molar-refractivity contribution in [1.82, 2.24) is 5.01 Å². The van der Waals surface area contributed by atoms with E-state index in [9.17, 15) is 13.3 Å². The Hall–Kier alpha value is -3.01. The fourth-order valence-corrected chi connectivity index (χ4v) is 4.22. The van der Waals surface area contributed by atoms with Gasteiger partial charge in [-0.2, -0.15) is 0 Å². The highest BCUT2D eigenvalue weighted by molar-refractivity contribution is 7.90. The average Bonchev–Trinajstić information content (AvgIpc) is 2.76. The topological polar surface area (TPSA) is 104 Å². The maximum atomic E-state index is 12.2. The molecule has 2 aromatic carbocycles. The number of rotatable bonds is 13. The Balaban J connectivity index is 2.46. The third-order valence-corrected chi connectivity index (χ3v) is 5.59. The Morgan fingerprint density at radius 2 is 1.47 bits per heavy atom. The minimum absolute atomic E-state index is 0.0732. The van der Waals surface area contributed by atoms with Crippen LogP contribution in [0.2, 0.25) is 0 Å².